The Morgan fingerprint density at radius 3 is 2.71 bits per heavy atom. The molecule has 2 atom stereocenters. The number of nitrogens with one attached hydrogen (secondary N) is 1. The van der Waals surface area contributed by atoms with E-state index < -0.39 is 0 Å². The zero-order valence-corrected chi connectivity index (χ0v) is 12.1. The number of carbonyl (C=O) groups excluding carboxylic acids is 1. The van der Waals surface area contributed by atoms with Crippen molar-refractivity contribution >= 4 is 21.8 Å². The molecule has 2 unspecified atom stereocenters. The first-order chi connectivity index (χ1) is 8.17. The van der Waals surface area contributed by atoms with Gasteiger partial charge in [-0.1, -0.05) is 35.7 Å². The standard InChI is InChI=1S/C13H22BrNO2/c1-10-4-7-17-11(10)12(16)15-9-13(8-14)5-2-3-6-13/h10-11H,2-9H2,1H3,(H,15,16). The van der Waals surface area contributed by atoms with E-state index in [-0.39, 0.29) is 17.4 Å². The van der Waals surface area contributed by atoms with Crippen LogP contribution in [-0.2, 0) is 9.53 Å². The quantitative estimate of drug-likeness (QED) is 0.810. The van der Waals surface area contributed by atoms with Gasteiger partial charge in [0.25, 0.3) is 0 Å². The van der Waals surface area contributed by atoms with Crippen LogP contribution < -0.4 is 5.32 Å². The maximum Gasteiger partial charge on any atom is 0.249 e. The number of ether oxygens (including phenoxy) is 1. The number of alkyl halides is 1. The smallest absolute Gasteiger partial charge is 0.249 e. The number of hydrogen-bond donors (Lipinski definition) is 1. The first kappa shape index (κ1) is 13.3. The van der Waals surface area contributed by atoms with E-state index in [1.165, 1.54) is 25.7 Å². The first-order valence-corrected chi connectivity index (χ1v) is 7.74. The summed E-state index contributed by atoms with van der Waals surface area (Å²) >= 11 is 3.60. The van der Waals surface area contributed by atoms with Crippen molar-refractivity contribution in [3.8, 4) is 0 Å². The normalized spacial score (nSPS) is 31.6. The second kappa shape index (κ2) is 5.70. The van der Waals surface area contributed by atoms with Crippen LogP contribution in [-0.4, -0.2) is 30.5 Å². The van der Waals surface area contributed by atoms with Gasteiger partial charge in [0.2, 0.25) is 5.91 Å². The summed E-state index contributed by atoms with van der Waals surface area (Å²) in [6.45, 7) is 3.61. The van der Waals surface area contributed by atoms with Gasteiger partial charge in [-0.05, 0) is 30.6 Å². The first-order valence-electron chi connectivity index (χ1n) is 6.62. The van der Waals surface area contributed by atoms with E-state index in [1.54, 1.807) is 0 Å². The molecule has 1 aliphatic carbocycles. The van der Waals surface area contributed by atoms with Crippen LogP contribution in [0.1, 0.15) is 39.0 Å². The summed E-state index contributed by atoms with van der Waals surface area (Å²) in [7, 11) is 0. The number of carbonyl (C=O) groups is 1. The van der Waals surface area contributed by atoms with Gasteiger partial charge < -0.3 is 10.1 Å². The minimum atomic E-state index is -0.219. The molecule has 1 N–H and O–H groups in total. The van der Waals surface area contributed by atoms with Gasteiger partial charge in [0.1, 0.15) is 6.10 Å². The van der Waals surface area contributed by atoms with Gasteiger partial charge in [-0.25, -0.2) is 0 Å². The minimum absolute atomic E-state index is 0.0854. The average molecular weight is 304 g/mol. The van der Waals surface area contributed by atoms with Crippen LogP contribution in [0.15, 0.2) is 0 Å². The maximum atomic E-state index is 12.0. The lowest BCUT2D eigenvalue weighted by Crippen LogP contribution is -2.43. The molecule has 0 aromatic heterocycles. The molecule has 0 aromatic carbocycles. The Balaban J connectivity index is 1.82. The van der Waals surface area contributed by atoms with Crippen LogP contribution in [0.25, 0.3) is 0 Å². The van der Waals surface area contributed by atoms with Gasteiger partial charge >= 0.3 is 0 Å². The number of rotatable bonds is 4. The Kier molecular flexibility index (Phi) is 4.47. The Morgan fingerprint density at radius 1 is 1.47 bits per heavy atom. The lowest BCUT2D eigenvalue weighted by molar-refractivity contribution is -0.131. The van der Waals surface area contributed by atoms with Crippen molar-refractivity contribution in [2.45, 2.75) is 45.1 Å². The molecular weight excluding hydrogens is 282 g/mol. The molecule has 0 spiro atoms. The minimum Gasteiger partial charge on any atom is -0.368 e. The molecular formula is C13H22BrNO2. The fourth-order valence-electron chi connectivity index (χ4n) is 2.89. The van der Waals surface area contributed by atoms with E-state index in [0.717, 1.165) is 24.9 Å². The highest BCUT2D eigenvalue weighted by molar-refractivity contribution is 9.09. The van der Waals surface area contributed by atoms with E-state index >= 15 is 0 Å². The largest absolute Gasteiger partial charge is 0.368 e. The molecule has 1 saturated carbocycles. The fourth-order valence-corrected chi connectivity index (χ4v) is 3.65. The van der Waals surface area contributed by atoms with Crippen LogP contribution in [0.2, 0.25) is 0 Å². The topological polar surface area (TPSA) is 38.3 Å². The third-order valence-electron chi connectivity index (χ3n) is 4.23. The molecule has 1 aliphatic heterocycles. The molecule has 4 heteroatoms. The van der Waals surface area contributed by atoms with Gasteiger partial charge in [-0.15, -0.1) is 0 Å². The van der Waals surface area contributed by atoms with Crippen LogP contribution in [0.3, 0.4) is 0 Å². The highest BCUT2D eigenvalue weighted by Crippen LogP contribution is 2.39. The number of amides is 1. The van der Waals surface area contributed by atoms with Crippen LogP contribution in [0.4, 0.5) is 0 Å². The summed E-state index contributed by atoms with van der Waals surface area (Å²) in [6.07, 6.45) is 5.81. The molecule has 0 bridgehead atoms. The van der Waals surface area contributed by atoms with Crippen molar-refractivity contribution in [3.05, 3.63) is 0 Å². The molecule has 0 radical (unpaired) electrons. The summed E-state index contributed by atoms with van der Waals surface area (Å²) < 4.78 is 5.49. The third-order valence-corrected chi connectivity index (χ3v) is 5.42. The number of halogens is 1. The van der Waals surface area contributed by atoms with Crippen LogP contribution in [0.5, 0.6) is 0 Å². The highest BCUT2D eigenvalue weighted by Gasteiger charge is 2.35. The summed E-state index contributed by atoms with van der Waals surface area (Å²) in [5.74, 6) is 0.445. The van der Waals surface area contributed by atoms with E-state index in [1.807, 2.05) is 0 Å². The van der Waals surface area contributed by atoms with Crippen molar-refractivity contribution in [1.82, 2.24) is 5.32 Å². The van der Waals surface area contributed by atoms with Crippen molar-refractivity contribution in [1.29, 1.82) is 0 Å². The monoisotopic (exact) mass is 303 g/mol. The molecule has 1 amide bonds. The molecule has 2 rings (SSSR count). The molecule has 98 valence electrons. The zero-order chi connectivity index (χ0) is 12.3. The van der Waals surface area contributed by atoms with Crippen molar-refractivity contribution in [2.24, 2.45) is 11.3 Å². The SMILES string of the molecule is CC1CCOC1C(=O)NCC1(CBr)CCCC1. The predicted molar refractivity (Wildman–Crippen MR) is 71.2 cm³/mol. The second-order valence-corrected chi connectivity index (χ2v) is 6.18. The van der Waals surface area contributed by atoms with Crippen LogP contribution >= 0.6 is 15.9 Å². The molecule has 0 aromatic rings. The molecule has 17 heavy (non-hydrogen) atoms. The van der Waals surface area contributed by atoms with Gasteiger partial charge in [0.15, 0.2) is 0 Å². The summed E-state index contributed by atoms with van der Waals surface area (Å²) in [5, 5.41) is 4.08. The Bertz CT molecular complexity index is 277. The highest BCUT2D eigenvalue weighted by atomic mass is 79.9. The predicted octanol–water partition coefficient (Wildman–Crippen LogP) is 2.48. The van der Waals surface area contributed by atoms with E-state index in [0.29, 0.717) is 5.92 Å². The average Bonchev–Trinajstić information content (AvgIpc) is 2.95. The summed E-state index contributed by atoms with van der Waals surface area (Å²) in [4.78, 5) is 12.0. The van der Waals surface area contributed by atoms with Gasteiger partial charge in [0.05, 0.1) is 0 Å². The van der Waals surface area contributed by atoms with Crippen molar-refractivity contribution < 1.29 is 9.53 Å². The fraction of sp³-hybridized carbons (Fsp3) is 0.923. The number of hydrogen-bond acceptors (Lipinski definition) is 2. The van der Waals surface area contributed by atoms with Crippen LogP contribution in [0, 0.1) is 11.3 Å². The Morgan fingerprint density at radius 2 is 2.18 bits per heavy atom. The molecule has 2 aliphatic rings. The maximum absolute atomic E-state index is 12.0. The van der Waals surface area contributed by atoms with Gasteiger partial charge in [-0.2, -0.15) is 0 Å². The van der Waals surface area contributed by atoms with E-state index in [4.69, 9.17) is 4.74 Å². The Hall–Kier alpha value is -0.0900. The Labute approximate surface area is 112 Å². The summed E-state index contributed by atoms with van der Waals surface area (Å²) in [6, 6.07) is 0. The second-order valence-electron chi connectivity index (χ2n) is 5.62. The summed E-state index contributed by atoms with van der Waals surface area (Å²) in [5.41, 5.74) is 0.289. The van der Waals surface area contributed by atoms with Crippen molar-refractivity contribution in [2.75, 3.05) is 18.5 Å². The van der Waals surface area contributed by atoms with Crippen molar-refractivity contribution in [3.63, 3.8) is 0 Å². The molecule has 1 heterocycles. The molecule has 2 fully saturated rings. The third kappa shape index (κ3) is 3.02. The van der Waals surface area contributed by atoms with E-state index in [2.05, 4.69) is 28.2 Å². The lowest BCUT2D eigenvalue weighted by atomic mass is 9.88. The molecule has 1 saturated heterocycles. The van der Waals surface area contributed by atoms with E-state index in [9.17, 15) is 4.79 Å². The lowest BCUT2D eigenvalue weighted by Gasteiger charge is -2.27. The zero-order valence-electron chi connectivity index (χ0n) is 10.5. The van der Waals surface area contributed by atoms with Gasteiger partial charge in [0, 0.05) is 18.5 Å². The van der Waals surface area contributed by atoms with Gasteiger partial charge in [-0.3, -0.25) is 4.79 Å². The molecule has 3 nitrogen and oxygen atoms in total.